The average Bonchev–Trinajstić information content (AvgIpc) is 3.12. The second-order valence-corrected chi connectivity index (χ2v) is 5.86. The molecular formula is C17H24ClN5O2. The maximum atomic E-state index is 12.4. The average molecular weight is 366 g/mol. The summed E-state index contributed by atoms with van der Waals surface area (Å²) in [5.41, 5.74) is 0.964. The highest BCUT2D eigenvalue weighted by Crippen LogP contribution is 2.24. The summed E-state index contributed by atoms with van der Waals surface area (Å²) >= 11 is 0. The van der Waals surface area contributed by atoms with Crippen molar-refractivity contribution in [3.8, 4) is 5.75 Å². The Morgan fingerprint density at radius 1 is 1.36 bits per heavy atom. The molecule has 1 aromatic heterocycles. The van der Waals surface area contributed by atoms with Crippen LogP contribution >= 0.6 is 12.4 Å². The van der Waals surface area contributed by atoms with Crippen LogP contribution < -0.4 is 15.4 Å². The van der Waals surface area contributed by atoms with E-state index in [1.54, 1.807) is 10.9 Å². The SMILES string of the molecule is CCCOc1ccccc1NC(=O)c1cn(C2CCNCC2)nn1.Cl. The number of rotatable bonds is 6. The van der Waals surface area contributed by atoms with Crippen molar-refractivity contribution < 1.29 is 9.53 Å². The van der Waals surface area contributed by atoms with E-state index in [-0.39, 0.29) is 18.3 Å². The van der Waals surface area contributed by atoms with Crippen LogP contribution in [-0.2, 0) is 0 Å². The number of anilines is 1. The van der Waals surface area contributed by atoms with Crippen LogP contribution in [0.4, 0.5) is 5.69 Å². The molecule has 1 aromatic carbocycles. The molecule has 0 aliphatic carbocycles. The van der Waals surface area contributed by atoms with Gasteiger partial charge in [0.1, 0.15) is 5.75 Å². The fourth-order valence-electron chi connectivity index (χ4n) is 2.72. The van der Waals surface area contributed by atoms with Gasteiger partial charge in [-0.05, 0) is 44.5 Å². The normalized spacial score (nSPS) is 14.6. The van der Waals surface area contributed by atoms with Crippen LogP contribution in [0.3, 0.4) is 0 Å². The van der Waals surface area contributed by atoms with Crippen molar-refractivity contribution >= 4 is 24.0 Å². The molecule has 0 atom stereocenters. The molecule has 1 aliphatic heterocycles. The van der Waals surface area contributed by atoms with Crippen molar-refractivity contribution in [2.24, 2.45) is 0 Å². The predicted octanol–water partition coefficient (Wildman–Crippen LogP) is 2.67. The van der Waals surface area contributed by atoms with Gasteiger partial charge in [0, 0.05) is 0 Å². The smallest absolute Gasteiger partial charge is 0.277 e. The van der Waals surface area contributed by atoms with E-state index in [1.807, 2.05) is 31.2 Å². The van der Waals surface area contributed by atoms with E-state index < -0.39 is 0 Å². The van der Waals surface area contributed by atoms with E-state index in [2.05, 4.69) is 20.9 Å². The van der Waals surface area contributed by atoms with Crippen molar-refractivity contribution in [2.45, 2.75) is 32.2 Å². The standard InChI is InChI=1S/C17H23N5O2.ClH/c1-2-11-24-16-6-4-3-5-14(16)19-17(23)15-12-22(21-20-15)13-7-9-18-10-8-13;/h3-6,12-13,18H,2,7-11H2,1H3,(H,19,23);1H. The summed E-state index contributed by atoms with van der Waals surface area (Å²) in [5.74, 6) is 0.390. The summed E-state index contributed by atoms with van der Waals surface area (Å²) < 4.78 is 7.46. The third-order valence-corrected chi connectivity index (χ3v) is 4.02. The monoisotopic (exact) mass is 365 g/mol. The number of piperidine rings is 1. The molecule has 0 unspecified atom stereocenters. The fraction of sp³-hybridized carbons (Fsp3) is 0.471. The van der Waals surface area contributed by atoms with E-state index in [0.29, 0.717) is 29.8 Å². The van der Waals surface area contributed by atoms with E-state index >= 15 is 0 Å². The van der Waals surface area contributed by atoms with Crippen LogP contribution in [0.25, 0.3) is 0 Å². The quantitative estimate of drug-likeness (QED) is 0.822. The number of hydrogen-bond acceptors (Lipinski definition) is 5. The van der Waals surface area contributed by atoms with Gasteiger partial charge in [-0.15, -0.1) is 17.5 Å². The lowest BCUT2D eigenvalue weighted by atomic mass is 10.1. The zero-order chi connectivity index (χ0) is 16.8. The maximum Gasteiger partial charge on any atom is 0.277 e. The molecular weight excluding hydrogens is 342 g/mol. The minimum Gasteiger partial charge on any atom is -0.491 e. The Bertz CT molecular complexity index is 685. The first-order valence-corrected chi connectivity index (χ1v) is 8.43. The molecule has 3 rings (SSSR count). The Hall–Kier alpha value is -2.12. The fourth-order valence-corrected chi connectivity index (χ4v) is 2.72. The third kappa shape index (κ3) is 4.93. The second kappa shape index (κ2) is 9.39. The van der Waals surface area contributed by atoms with E-state index in [9.17, 15) is 4.79 Å². The Labute approximate surface area is 153 Å². The molecule has 2 heterocycles. The highest BCUT2D eigenvalue weighted by molar-refractivity contribution is 6.03. The maximum absolute atomic E-state index is 12.4. The van der Waals surface area contributed by atoms with Crippen LogP contribution in [0.15, 0.2) is 30.5 Å². The van der Waals surface area contributed by atoms with Gasteiger partial charge in [-0.3, -0.25) is 4.79 Å². The number of nitrogens with zero attached hydrogens (tertiary/aromatic N) is 3. The molecule has 0 spiro atoms. The molecule has 1 aliphatic rings. The topological polar surface area (TPSA) is 81.1 Å². The molecule has 2 aromatic rings. The molecule has 0 saturated carbocycles. The first-order chi connectivity index (χ1) is 11.8. The molecule has 2 N–H and O–H groups in total. The van der Waals surface area contributed by atoms with Crippen LogP contribution in [-0.4, -0.2) is 40.6 Å². The molecule has 0 radical (unpaired) electrons. The summed E-state index contributed by atoms with van der Waals surface area (Å²) in [4.78, 5) is 12.4. The van der Waals surface area contributed by atoms with Crippen LogP contribution in [0.5, 0.6) is 5.75 Å². The van der Waals surface area contributed by atoms with Crippen LogP contribution in [0, 0.1) is 0 Å². The lowest BCUT2D eigenvalue weighted by Gasteiger charge is -2.22. The Kier molecular flexibility index (Phi) is 7.21. The van der Waals surface area contributed by atoms with Gasteiger partial charge in [-0.1, -0.05) is 24.3 Å². The molecule has 1 amide bonds. The van der Waals surface area contributed by atoms with E-state index in [4.69, 9.17) is 4.74 Å². The molecule has 7 nitrogen and oxygen atoms in total. The molecule has 0 bridgehead atoms. The number of nitrogens with one attached hydrogen (secondary N) is 2. The number of para-hydroxylation sites is 2. The van der Waals surface area contributed by atoms with Crippen molar-refractivity contribution in [3.63, 3.8) is 0 Å². The predicted molar refractivity (Wildman–Crippen MR) is 98.6 cm³/mol. The highest BCUT2D eigenvalue weighted by Gasteiger charge is 2.19. The van der Waals surface area contributed by atoms with Gasteiger partial charge < -0.3 is 15.4 Å². The number of carbonyl (C=O) groups is 1. The van der Waals surface area contributed by atoms with Gasteiger partial charge in [0.25, 0.3) is 5.91 Å². The lowest BCUT2D eigenvalue weighted by Crippen LogP contribution is -2.29. The van der Waals surface area contributed by atoms with Gasteiger partial charge in [-0.2, -0.15) is 0 Å². The summed E-state index contributed by atoms with van der Waals surface area (Å²) in [6, 6.07) is 7.71. The second-order valence-electron chi connectivity index (χ2n) is 5.86. The number of amides is 1. The highest BCUT2D eigenvalue weighted by atomic mass is 35.5. The molecule has 25 heavy (non-hydrogen) atoms. The first kappa shape index (κ1) is 19.2. The van der Waals surface area contributed by atoms with E-state index in [1.165, 1.54) is 0 Å². The zero-order valence-electron chi connectivity index (χ0n) is 14.3. The zero-order valence-corrected chi connectivity index (χ0v) is 15.1. The first-order valence-electron chi connectivity index (χ1n) is 8.43. The number of halogens is 1. The molecule has 1 saturated heterocycles. The number of benzene rings is 1. The van der Waals surface area contributed by atoms with E-state index in [0.717, 1.165) is 32.4 Å². The third-order valence-electron chi connectivity index (χ3n) is 4.02. The summed E-state index contributed by atoms with van der Waals surface area (Å²) in [5, 5.41) is 14.3. The van der Waals surface area contributed by atoms with Gasteiger partial charge in [-0.25, -0.2) is 4.68 Å². The van der Waals surface area contributed by atoms with Crippen molar-refractivity contribution in [2.75, 3.05) is 25.0 Å². The van der Waals surface area contributed by atoms with Gasteiger partial charge in [0.15, 0.2) is 5.69 Å². The largest absolute Gasteiger partial charge is 0.491 e. The molecule has 1 fully saturated rings. The van der Waals surface area contributed by atoms with Crippen molar-refractivity contribution in [1.82, 2.24) is 20.3 Å². The Morgan fingerprint density at radius 3 is 2.88 bits per heavy atom. The summed E-state index contributed by atoms with van der Waals surface area (Å²) in [6.45, 7) is 4.58. The Morgan fingerprint density at radius 2 is 2.12 bits per heavy atom. The van der Waals surface area contributed by atoms with Gasteiger partial charge >= 0.3 is 0 Å². The summed E-state index contributed by atoms with van der Waals surface area (Å²) in [6.07, 6.45) is 4.63. The lowest BCUT2D eigenvalue weighted by molar-refractivity contribution is 0.102. The van der Waals surface area contributed by atoms with Crippen molar-refractivity contribution in [1.29, 1.82) is 0 Å². The molecule has 136 valence electrons. The van der Waals surface area contributed by atoms with Crippen LogP contribution in [0.1, 0.15) is 42.7 Å². The molecule has 8 heteroatoms. The van der Waals surface area contributed by atoms with Crippen LogP contribution in [0.2, 0.25) is 0 Å². The van der Waals surface area contributed by atoms with Gasteiger partial charge in [0.05, 0.1) is 24.5 Å². The summed E-state index contributed by atoms with van der Waals surface area (Å²) in [7, 11) is 0. The van der Waals surface area contributed by atoms with Crippen molar-refractivity contribution in [3.05, 3.63) is 36.2 Å². The Balaban J connectivity index is 0.00000225. The minimum absolute atomic E-state index is 0. The number of carbonyl (C=O) groups excluding carboxylic acids is 1. The number of hydrogen-bond donors (Lipinski definition) is 2. The number of aromatic nitrogens is 3. The number of ether oxygens (including phenoxy) is 1. The minimum atomic E-state index is -0.275. The van der Waals surface area contributed by atoms with Gasteiger partial charge in [0.2, 0.25) is 0 Å².